The van der Waals surface area contributed by atoms with Crippen molar-refractivity contribution in [3.63, 3.8) is 0 Å². The van der Waals surface area contributed by atoms with Crippen molar-refractivity contribution in [3.05, 3.63) is 92.3 Å². The van der Waals surface area contributed by atoms with E-state index in [9.17, 15) is 9.59 Å². The van der Waals surface area contributed by atoms with Crippen molar-refractivity contribution in [1.82, 2.24) is 4.90 Å². The minimum atomic E-state index is -0.502. The van der Waals surface area contributed by atoms with E-state index in [1.807, 2.05) is 24.3 Å². The first-order valence-corrected chi connectivity index (χ1v) is 16.2. The quantitative estimate of drug-likeness (QED) is 0.240. The molecule has 0 atom stereocenters. The van der Waals surface area contributed by atoms with Gasteiger partial charge in [0, 0.05) is 76.1 Å². The van der Waals surface area contributed by atoms with Crippen LogP contribution in [0.4, 0.5) is 0 Å². The molecule has 1 aliphatic heterocycles. The summed E-state index contributed by atoms with van der Waals surface area (Å²) >= 11 is 12.5. The average Bonchev–Trinajstić information content (AvgIpc) is 2.94. The average molecular weight is 653 g/mol. The van der Waals surface area contributed by atoms with Crippen molar-refractivity contribution in [3.8, 4) is 11.5 Å². The lowest BCUT2D eigenvalue weighted by Gasteiger charge is -2.49. The fourth-order valence-corrected chi connectivity index (χ4v) is 7.56. The molecule has 6 nitrogen and oxygen atoms in total. The fourth-order valence-electron chi connectivity index (χ4n) is 7.10. The van der Waals surface area contributed by atoms with Gasteiger partial charge in [-0.05, 0) is 53.9 Å². The molecule has 2 aromatic rings. The molecule has 45 heavy (non-hydrogen) atoms. The second-order valence-corrected chi connectivity index (χ2v) is 14.8. The Bertz CT molecular complexity index is 1550. The Morgan fingerprint density at radius 2 is 1.53 bits per heavy atom. The first-order valence-electron chi connectivity index (χ1n) is 15.5. The third-order valence-corrected chi connectivity index (χ3v) is 9.59. The molecule has 3 aliphatic rings. The largest absolute Gasteiger partial charge is 0.493 e. The molecule has 0 aromatic heterocycles. The molecule has 240 valence electrons. The lowest BCUT2D eigenvalue weighted by atomic mass is 9.63. The van der Waals surface area contributed by atoms with Crippen LogP contribution in [0.3, 0.4) is 0 Å². The van der Waals surface area contributed by atoms with Crippen LogP contribution < -0.4 is 9.47 Å². The molecule has 0 N–H and O–H groups in total. The van der Waals surface area contributed by atoms with E-state index in [0.717, 1.165) is 40.9 Å². The van der Waals surface area contributed by atoms with Gasteiger partial charge in [0.05, 0.1) is 13.7 Å². The van der Waals surface area contributed by atoms with E-state index in [2.05, 4.69) is 39.2 Å². The van der Waals surface area contributed by atoms with E-state index in [0.29, 0.717) is 65.1 Å². The Kier molecular flexibility index (Phi) is 9.61. The first-order chi connectivity index (χ1) is 21.3. The highest BCUT2D eigenvalue weighted by molar-refractivity contribution is 6.35. The summed E-state index contributed by atoms with van der Waals surface area (Å²) in [7, 11) is 3.28. The Labute approximate surface area is 277 Å². The van der Waals surface area contributed by atoms with Crippen LogP contribution in [-0.2, 0) is 27.4 Å². The summed E-state index contributed by atoms with van der Waals surface area (Å²) in [6.45, 7) is 13.8. The first kappa shape index (κ1) is 33.3. The van der Waals surface area contributed by atoms with Crippen LogP contribution in [0.2, 0.25) is 10.0 Å². The highest BCUT2D eigenvalue weighted by Crippen LogP contribution is 2.55. The van der Waals surface area contributed by atoms with Gasteiger partial charge in [0.2, 0.25) is 0 Å². The monoisotopic (exact) mass is 651 g/mol. The van der Waals surface area contributed by atoms with E-state index < -0.39 is 5.92 Å². The molecule has 0 fully saturated rings. The summed E-state index contributed by atoms with van der Waals surface area (Å²) in [6, 6.07) is 9.28. The van der Waals surface area contributed by atoms with E-state index in [1.54, 1.807) is 26.4 Å². The zero-order chi connectivity index (χ0) is 32.7. The van der Waals surface area contributed by atoms with Gasteiger partial charge in [0.1, 0.15) is 6.61 Å². The SMILES string of the molecule is C=CCc1cc(C2C3=C(CC(C)(C)CC3=O)N(CCOC)C3=C2C(=O)CC(C)(C)C3)cc(OC)c1OCc1ccc(Cl)cc1Cl. The van der Waals surface area contributed by atoms with Gasteiger partial charge >= 0.3 is 0 Å². The van der Waals surface area contributed by atoms with Crippen LogP contribution in [-0.4, -0.2) is 43.8 Å². The number of benzene rings is 2. The molecule has 0 amide bonds. The molecular weight excluding hydrogens is 609 g/mol. The Morgan fingerprint density at radius 3 is 2.07 bits per heavy atom. The number of nitrogens with zero attached hydrogens (tertiary/aromatic N) is 1. The van der Waals surface area contributed by atoms with Crippen molar-refractivity contribution in [1.29, 1.82) is 0 Å². The lowest BCUT2D eigenvalue weighted by Crippen LogP contribution is -2.45. The number of halogens is 2. The number of carbonyl (C=O) groups excluding carboxylic acids is 2. The molecule has 1 heterocycles. The molecule has 0 unspecified atom stereocenters. The number of ether oxygens (including phenoxy) is 3. The summed E-state index contributed by atoms with van der Waals surface area (Å²) < 4.78 is 17.8. The maximum atomic E-state index is 14.2. The summed E-state index contributed by atoms with van der Waals surface area (Å²) in [5.41, 5.74) is 5.51. The van der Waals surface area contributed by atoms with Gasteiger partial charge in [-0.3, -0.25) is 9.59 Å². The highest BCUT2D eigenvalue weighted by Gasteiger charge is 2.49. The van der Waals surface area contributed by atoms with E-state index >= 15 is 0 Å². The number of carbonyl (C=O) groups is 2. The smallest absolute Gasteiger partial charge is 0.165 e. The van der Waals surface area contributed by atoms with Crippen LogP contribution in [0.15, 0.2) is 65.5 Å². The predicted octanol–water partition coefficient (Wildman–Crippen LogP) is 8.64. The maximum absolute atomic E-state index is 14.2. The Morgan fingerprint density at radius 1 is 0.911 bits per heavy atom. The molecule has 2 aromatic carbocycles. The van der Waals surface area contributed by atoms with Gasteiger partial charge in [-0.1, -0.05) is 69.1 Å². The molecule has 0 bridgehead atoms. The molecule has 0 radical (unpaired) electrons. The molecule has 0 spiro atoms. The number of methoxy groups -OCH3 is 2. The zero-order valence-electron chi connectivity index (χ0n) is 27.1. The van der Waals surface area contributed by atoms with Crippen molar-refractivity contribution in [2.24, 2.45) is 10.8 Å². The summed E-state index contributed by atoms with van der Waals surface area (Å²) in [6.07, 6.45) is 4.62. The van der Waals surface area contributed by atoms with E-state index in [1.165, 1.54) is 0 Å². The molecule has 5 rings (SSSR count). The van der Waals surface area contributed by atoms with Crippen molar-refractivity contribution >= 4 is 34.8 Å². The van der Waals surface area contributed by atoms with Crippen molar-refractivity contribution in [2.75, 3.05) is 27.4 Å². The van der Waals surface area contributed by atoms with Gasteiger partial charge in [0.15, 0.2) is 23.1 Å². The minimum Gasteiger partial charge on any atom is -0.493 e. The van der Waals surface area contributed by atoms with Crippen LogP contribution in [0, 0.1) is 10.8 Å². The van der Waals surface area contributed by atoms with Gasteiger partial charge < -0.3 is 19.1 Å². The van der Waals surface area contributed by atoms with Crippen molar-refractivity contribution < 1.29 is 23.8 Å². The van der Waals surface area contributed by atoms with Crippen molar-refractivity contribution in [2.45, 2.75) is 72.3 Å². The number of ketones is 2. The maximum Gasteiger partial charge on any atom is 0.165 e. The number of hydrogen-bond acceptors (Lipinski definition) is 6. The Hall–Kier alpha value is -3.06. The molecule has 0 saturated heterocycles. The number of allylic oxidation sites excluding steroid dienone is 5. The molecule has 0 saturated carbocycles. The lowest BCUT2D eigenvalue weighted by molar-refractivity contribution is -0.119. The number of rotatable bonds is 10. The second-order valence-electron chi connectivity index (χ2n) is 13.9. The third kappa shape index (κ3) is 6.74. The van der Waals surface area contributed by atoms with Crippen LogP contribution in [0.1, 0.15) is 76.0 Å². The van der Waals surface area contributed by atoms with Crippen LogP contribution in [0.25, 0.3) is 0 Å². The van der Waals surface area contributed by atoms with Gasteiger partial charge in [0.25, 0.3) is 0 Å². The fraction of sp³-hybridized carbons (Fsp3) is 0.459. The van der Waals surface area contributed by atoms with Gasteiger partial charge in [-0.2, -0.15) is 0 Å². The molecular formula is C37H43Cl2NO5. The van der Waals surface area contributed by atoms with Crippen LogP contribution in [0.5, 0.6) is 11.5 Å². The van der Waals surface area contributed by atoms with Crippen LogP contribution >= 0.6 is 23.2 Å². The van der Waals surface area contributed by atoms with Gasteiger partial charge in [-0.15, -0.1) is 6.58 Å². The number of hydrogen-bond donors (Lipinski definition) is 0. The predicted molar refractivity (Wildman–Crippen MR) is 179 cm³/mol. The standard InChI is InChI=1S/C37H43Cl2NO5/c1-8-9-22-14-24(15-31(44-7)35(22)45-21-23-10-11-25(38)16-26(23)39)32-33-27(17-36(2,3)19-29(33)41)40(12-13-43-6)28-18-37(4,5)20-30(42)34(28)32/h8,10-11,14-16,32H,1,9,12-13,17-21H2,2-7H3. The number of Topliss-reactive ketones (excluding diaryl/α,β-unsaturated/α-hetero) is 2. The Balaban J connectivity index is 1.69. The summed E-state index contributed by atoms with van der Waals surface area (Å²) in [5, 5.41) is 1.06. The summed E-state index contributed by atoms with van der Waals surface area (Å²) in [5.74, 6) is 0.755. The van der Waals surface area contributed by atoms with E-state index in [4.69, 9.17) is 37.4 Å². The zero-order valence-corrected chi connectivity index (χ0v) is 28.7. The van der Waals surface area contributed by atoms with Gasteiger partial charge in [-0.25, -0.2) is 0 Å². The van der Waals surface area contributed by atoms with E-state index in [-0.39, 0.29) is 29.0 Å². The highest BCUT2D eigenvalue weighted by atomic mass is 35.5. The minimum absolute atomic E-state index is 0.0831. The topological polar surface area (TPSA) is 65.1 Å². The summed E-state index contributed by atoms with van der Waals surface area (Å²) in [4.78, 5) is 30.6. The molecule has 8 heteroatoms. The second kappa shape index (κ2) is 13.0. The third-order valence-electron chi connectivity index (χ3n) is 9.00. The normalized spacial score (nSPS) is 19.4. The molecule has 2 aliphatic carbocycles.